The number of nitrogens with zero attached hydrogens (tertiary/aromatic N) is 2. The maximum absolute atomic E-state index is 2.79. The van der Waals surface area contributed by atoms with E-state index in [4.69, 9.17) is 0 Å². The van der Waals surface area contributed by atoms with Crippen LogP contribution in [0.3, 0.4) is 0 Å². The summed E-state index contributed by atoms with van der Waals surface area (Å²) in [6, 6.07) is 54.1. The summed E-state index contributed by atoms with van der Waals surface area (Å²) in [5.74, 6) is 0. The van der Waals surface area contributed by atoms with Crippen molar-refractivity contribution in [1.82, 2.24) is 0 Å². The van der Waals surface area contributed by atoms with Gasteiger partial charge < -0.3 is 9.80 Å². The fraction of sp³-hybridized carbons (Fsp3) is 0.425. The molecule has 2 aliphatic carbocycles. The maximum Gasteiger partial charge on any atom is 0.0540 e. The molecule has 0 aliphatic heterocycles. The Kier molecular flexibility index (Phi) is 13.7. The highest BCUT2D eigenvalue weighted by atomic mass is 15.2. The van der Waals surface area contributed by atoms with Crippen molar-refractivity contribution >= 4 is 28.4 Å². The van der Waals surface area contributed by atoms with Crippen LogP contribution in [0.25, 0.3) is 11.1 Å². The molecule has 0 saturated carbocycles. The van der Waals surface area contributed by atoms with Gasteiger partial charge in [0, 0.05) is 33.6 Å². The van der Waals surface area contributed by atoms with E-state index in [1.807, 2.05) is 0 Å². The number of rotatable bonds is 13. The molecule has 0 spiro atoms. The third kappa shape index (κ3) is 9.94. The lowest BCUT2D eigenvalue weighted by molar-refractivity contribution is 0.332. The van der Waals surface area contributed by atoms with Gasteiger partial charge in [-0.1, -0.05) is 192 Å². The highest BCUT2D eigenvalue weighted by molar-refractivity contribution is 5.93. The van der Waals surface area contributed by atoms with Crippen LogP contribution < -0.4 is 9.80 Å². The fourth-order valence-electron chi connectivity index (χ4n) is 13.6. The summed E-state index contributed by atoms with van der Waals surface area (Å²) >= 11 is 0. The predicted molar refractivity (Wildman–Crippen MR) is 326 cm³/mol. The van der Waals surface area contributed by atoms with E-state index in [1.165, 1.54) is 113 Å². The molecular weight excluding hydrogens is 905 g/mol. The lowest BCUT2D eigenvalue weighted by atomic mass is 9.63. The monoisotopic (exact) mass is 995 g/mol. The van der Waals surface area contributed by atoms with Gasteiger partial charge >= 0.3 is 0 Å². The zero-order valence-electron chi connectivity index (χ0n) is 49.7. The van der Waals surface area contributed by atoms with Gasteiger partial charge in [-0.25, -0.2) is 0 Å². The molecule has 0 bridgehead atoms. The molecule has 75 heavy (non-hydrogen) atoms. The van der Waals surface area contributed by atoms with Crippen LogP contribution in [0, 0.1) is 34.6 Å². The standard InChI is InChI=1S/C73H90N2/c1-48-30-32-54(33-31-48)67(6,7)38-39-72(16,17)75(64-46-61-59(43-51(64)4)70(12,13)47-71(61,14)15)66-41-49(2)40-65(52(66)5)74(63-45-60-58(42-50(63)3)68(8,9)36-37-69(60,10)11)62-35-34-56(44-57(62)53-26-22-20-23-27-53)73(18,19)55-28-24-21-25-29-55/h20-35,40-46H,36-39,47H2,1-19H3. The first-order valence-corrected chi connectivity index (χ1v) is 28.3. The second kappa shape index (κ2) is 19.0. The molecule has 2 nitrogen and oxygen atoms in total. The minimum absolute atomic E-state index is 0.0133. The van der Waals surface area contributed by atoms with Crippen molar-refractivity contribution in [3.63, 3.8) is 0 Å². The average molecular weight is 996 g/mol. The molecule has 7 aromatic rings. The van der Waals surface area contributed by atoms with Crippen molar-refractivity contribution in [2.45, 2.75) is 202 Å². The lowest BCUT2D eigenvalue weighted by Gasteiger charge is -2.45. The van der Waals surface area contributed by atoms with Crippen LogP contribution in [0.4, 0.5) is 28.4 Å². The van der Waals surface area contributed by atoms with Gasteiger partial charge in [-0.2, -0.15) is 0 Å². The van der Waals surface area contributed by atoms with Crippen LogP contribution in [0.15, 0.2) is 140 Å². The van der Waals surface area contributed by atoms with Gasteiger partial charge in [0.2, 0.25) is 0 Å². The van der Waals surface area contributed by atoms with E-state index in [1.54, 1.807) is 0 Å². The number of hydrogen-bond donors (Lipinski definition) is 0. The van der Waals surface area contributed by atoms with E-state index >= 15 is 0 Å². The van der Waals surface area contributed by atoms with Gasteiger partial charge in [-0.05, 0) is 211 Å². The summed E-state index contributed by atoms with van der Waals surface area (Å²) in [6.07, 6.45) is 5.50. The Morgan fingerprint density at radius 1 is 0.413 bits per heavy atom. The molecule has 0 saturated heterocycles. The summed E-state index contributed by atoms with van der Waals surface area (Å²) in [7, 11) is 0. The van der Waals surface area contributed by atoms with E-state index in [9.17, 15) is 0 Å². The molecule has 0 unspecified atom stereocenters. The van der Waals surface area contributed by atoms with E-state index in [-0.39, 0.29) is 38.0 Å². The van der Waals surface area contributed by atoms with Crippen LogP contribution in [0.5, 0.6) is 0 Å². The molecule has 0 heterocycles. The first-order valence-electron chi connectivity index (χ1n) is 28.3. The lowest BCUT2D eigenvalue weighted by Crippen LogP contribution is -2.43. The Morgan fingerprint density at radius 3 is 1.51 bits per heavy atom. The van der Waals surface area contributed by atoms with Crippen LogP contribution in [0.1, 0.15) is 196 Å². The number of benzene rings is 7. The quantitative estimate of drug-likeness (QED) is 0.114. The minimum atomic E-state index is -0.281. The molecule has 0 aromatic heterocycles. The number of hydrogen-bond acceptors (Lipinski definition) is 2. The Balaban J connectivity index is 1.33. The van der Waals surface area contributed by atoms with Crippen LogP contribution in [-0.2, 0) is 32.5 Å². The average Bonchev–Trinajstić information content (AvgIpc) is 3.53. The Labute approximate surface area is 455 Å². The Hall–Kier alpha value is -5.86. The zero-order chi connectivity index (χ0) is 54.4. The van der Waals surface area contributed by atoms with E-state index in [0.29, 0.717) is 0 Å². The molecule has 2 aliphatic rings. The molecule has 9 rings (SSSR count). The van der Waals surface area contributed by atoms with Crippen LogP contribution in [-0.4, -0.2) is 5.54 Å². The second-order valence-electron chi connectivity index (χ2n) is 27.8. The molecule has 0 fully saturated rings. The highest BCUT2D eigenvalue weighted by Gasteiger charge is 2.44. The third-order valence-electron chi connectivity index (χ3n) is 18.6. The van der Waals surface area contributed by atoms with Crippen molar-refractivity contribution in [3.05, 3.63) is 206 Å². The minimum Gasteiger partial charge on any atom is -0.335 e. The predicted octanol–water partition coefficient (Wildman–Crippen LogP) is 20.7. The fourth-order valence-corrected chi connectivity index (χ4v) is 13.6. The summed E-state index contributed by atoms with van der Waals surface area (Å²) in [5, 5.41) is 0. The van der Waals surface area contributed by atoms with E-state index in [0.717, 1.165) is 25.7 Å². The molecule has 0 radical (unpaired) electrons. The van der Waals surface area contributed by atoms with Crippen molar-refractivity contribution in [2.24, 2.45) is 0 Å². The topological polar surface area (TPSA) is 6.48 Å². The van der Waals surface area contributed by atoms with Gasteiger partial charge in [-0.15, -0.1) is 0 Å². The van der Waals surface area contributed by atoms with E-state index in [2.05, 4.69) is 281 Å². The molecule has 7 aromatic carbocycles. The zero-order valence-corrected chi connectivity index (χ0v) is 49.7. The van der Waals surface area contributed by atoms with Gasteiger partial charge in [-0.3, -0.25) is 0 Å². The highest BCUT2D eigenvalue weighted by Crippen LogP contribution is 2.56. The largest absolute Gasteiger partial charge is 0.335 e. The smallest absolute Gasteiger partial charge is 0.0540 e. The molecule has 392 valence electrons. The Morgan fingerprint density at radius 2 is 0.907 bits per heavy atom. The van der Waals surface area contributed by atoms with Gasteiger partial charge in [0.1, 0.15) is 0 Å². The molecular formula is C73H90N2. The van der Waals surface area contributed by atoms with Crippen molar-refractivity contribution in [3.8, 4) is 11.1 Å². The van der Waals surface area contributed by atoms with Crippen molar-refractivity contribution in [1.29, 1.82) is 0 Å². The molecule has 0 amide bonds. The van der Waals surface area contributed by atoms with Crippen LogP contribution in [0.2, 0.25) is 0 Å². The summed E-state index contributed by atoms with van der Waals surface area (Å²) in [5.41, 5.74) is 24.8. The summed E-state index contributed by atoms with van der Waals surface area (Å²) in [4.78, 5) is 5.46. The van der Waals surface area contributed by atoms with Crippen molar-refractivity contribution < 1.29 is 0 Å². The van der Waals surface area contributed by atoms with Gasteiger partial charge in [0.25, 0.3) is 0 Å². The van der Waals surface area contributed by atoms with Gasteiger partial charge in [0.05, 0.1) is 11.4 Å². The first kappa shape index (κ1) is 53.9. The van der Waals surface area contributed by atoms with Gasteiger partial charge in [0.15, 0.2) is 0 Å². The summed E-state index contributed by atoms with van der Waals surface area (Å²) in [6.45, 7) is 46.0. The number of aryl methyl sites for hydroxylation is 4. The second-order valence-corrected chi connectivity index (χ2v) is 27.8. The normalized spacial score (nSPS) is 16.6. The third-order valence-corrected chi connectivity index (χ3v) is 18.6. The molecule has 0 atom stereocenters. The Bertz CT molecular complexity index is 3250. The number of anilines is 5. The molecule has 0 N–H and O–H groups in total. The first-order chi connectivity index (χ1) is 34.9. The summed E-state index contributed by atoms with van der Waals surface area (Å²) < 4.78 is 0. The maximum atomic E-state index is 2.79. The SMILES string of the molecule is Cc1ccc(C(C)(C)CCC(C)(C)N(c2cc3c(cc2C)C(C)(C)CC3(C)C)c2cc(C)cc(N(c3cc4c(cc3C)C(C)(C)CCC4(C)C)c3ccc(C(C)(C)c4ccccc4)cc3-c3ccccc3)c2C)cc1. The molecule has 2 heteroatoms. The van der Waals surface area contributed by atoms with E-state index < -0.39 is 0 Å². The van der Waals surface area contributed by atoms with Crippen LogP contribution >= 0.6 is 0 Å². The number of fused-ring (bicyclic) bond motifs is 2. The van der Waals surface area contributed by atoms with Crippen molar-refractivity contribution in [2.75, 3.05) is 9.80 Å².